The van der Waals surface area contributed by atoms with Crippen molar-refractivity contribution in [1.82, 2.24) is 14.1 Å². The van der Waals surface area contributed by atoms with Gasteiger partial charge in [-0.15, -0.1) is 0 Å². The molecule has 146 valence electrons. The molecule has 0 amide bonds. The molecule has 2 aliphatic rings. The highest BCUT2D eigenvalue weighted by Gasteiger charge is 2.37. The summed E-state index contributed by atoms with van der Waals surface area (Å²) in [6.07, 6.45) is 6.52. The summed E-state index contributed by atoms with van der Waals surface area (Å²) in [6.45, 7) is 1.90. The second-order valence-corrected chi connectivity index (χ2v) is 8.94. The van der Waals surface area contributed by atoms with Crippen molar-refractivity contribution in [3.8, 4) is 5.75 Å². The third kappa shape index (κ3) is 3.61. The van der Waals surface area contributed by atoms with Crippen molar-refractivity contribution in [3.05, 3.63) is 42.2 Å². The highest BCUT2D eigenvalue weighted by Crippen LogP contribution is 2.37. The summed E-state index contributed by atoms with van der Waals surface area (Å²) in [5.41, 5.74) is 0.965. The molecule has 2 aliphatic heterocycles. The van der Waals surface area contributed by atoms with Crippen LogP contribution in [0.2, 0.25) is 0 Å². The Morgan fingerprint density at radius 3 is 2.81 bits per heavy atom. The van der Waals surface area contributed by atoms with Gasteiger partial charge >= 0.3 is 0 Å². The molecular formula is C19H25N3O4S. The van der Waals surface area contributed by atoms with E-state index in [2.05, 4.69) is 5.10 Å². The topological polar surface area (TPSA) is 73.7 Å². The van der Waals surface area contributed by atoms with E-state index in [0.717, 1.165) is 37.0 Å². The summed E-state index contributed by atoms with van der Waals surface area (Å²) in [4.78, 5) is 0.267. The lowest BCUT2D eigenvalue weighted by Crippen LogP contribution is -2.30. The molecule has 27 heavy (non-hydrogen) atoms. The van der Waals surface area contributed by atoms with Crippen LogP contribution in [0.25, 0.3) is 0 Å². The number of aromatic nitrogens is 2. The molecular weight excluding hydrogens is 366 g/mol. The summed E-state index contributed by atoms with van der Waals surface area (Å²) in [5, 5.41) is 4.34. The predicted octanol–water partition coefficient (Wildman–Crippen LogP) is 2.77. The lowest BCUT2D eigenvalue weighted by Gasteiger charge is -2.24. The Balaban J connectivity index is 1.59. The van der Waals surface area contributed by atoms with Crippen molar-refractivity contribution in [1.29, 1.82) is 0 Å². The number of methoxy groups -OCH3 is 1. The summed E-state index contributed by atoms with van der Waals surface area (Å²) >= 11 is 0. The van der Waals surface area contributed by atoms with Crippen LogP contribution in [0, 0.1) is 0 Å². The number of hydrogen-bond donors (Lipinski definition) is 0. The quantitative estimate of drug-likeness (QED) is 0.784. The summed E-state index contributed by atoms with van der Waals surface area (Å²) in [7, 11) is -1.98. The lowest BCUT2D eigenvalue weighted by molar-refractivity contribution is 0.0662. The Kier molecular flexibility index (Phi) is 5.21. The van der Waals surface area contributed by atoms with Crippen LogP contribution in [0.3, 0.4) is 0 Å². The molecule has 1 atom stereocenters. The average Bonchev–Trinajstić information content (AvgIpc) is 3.39. The Morgan fingerprint density at radius 2 is 2.04 bits per heavy atom. The summed E-state index contributed by atoms with van der Waals surface area (Å²) < 4.78 is 40.6. The maximum absolute atomic E-state index is 13.3. The van der Waals surface area contributed by atoms with Crippen molar-refractivity contribution < 1.29 is 17.9 Å². The van der Waals surface area contributed by atoms with Crippen LogP contribution in [0.1, 0.15) is 43.3 Å². The molecule has 1 aromatic carbocycles. The van der Waals surface area contributed by atoms with Crippen LogP contribution >= 0.6 is 0 Å². The predicted molar refractivity (Wildman–Crippen MR) is 100 cm³/mol. The van der Waals surface area contributed by atoms with Crippen molar-refractivity contribution in [2.45, 2.75) is 42.7 Å². The van der Waals surface area contributed by atoms with E-state index in [1.54, 1.807) is 22.3 Å². The van der Waals surface area contributed by atoms with Gasteiger partial charge in [0.05, 0.1) is 25.4 Å². The zero-order valence-electron chi connectivity index (χ0n) is 15.5. The zero-order valence-corrected chi connectivity index (χ0v) is 16.3. The Hall–Kier alpha value is -1.90. The fourth-order valence-electron chi connectivity index (χ4n) is 3.95. The minimum absolute atomic E-state index is 0.170. The number of rotatable bonds is 5. The van der Waals surface area contributed by atoms with Crippen molar-refractivity contribution in [2.24, 2.45) is 0 Å². The van der Waals surface area contributed by atoms with Crippen molar-refractivity contribution in [2.75, 3.05) is 26.9 Å². The molecule has 0 aliphatic carbocycles. The second-order valence-electron chi connectivity index (χ2n) is 7.05. The number of hydrogen-bond acceptors (Lipinski definition) is 5. The number of nitrogens with zero attached hydrogens (tertiary/aromatic N) is 3. The molecule has 1 aromatic heterocycles. The van der Waals surface area contributed by atoms with Gasteiger partial charge in [0.15, 0.2) is 0 Å². The normalized spacial score (nSPS) is 22.2. The number of sulfonamides is 1. The van der Waals surface area contributed by atoms with E-state index in [-0.39, 0.29) is 17.0 Å². The van der Waals surface area contributed by atoms with Crippen molar-refractivity contribution in [3.63, 3.8) is 0 Å². The van der Waals surface area contributed by atoms with Gasteiger partial charge in [-0.1, -0.05) is 12.1 Å². The number of ether oxygens (including phenoxy) is 2. The SMILES string of the molecule is COc1cccc(C2CCCN2S(=O)(=O)c2cnn(C3CCOCC3)c2)c1. The first-order valence-corrected chi connectivity index (χ1v) is 10.8. The smallest absolute Gasteiger partial charge is 0.246 e. The van der Waals surface area contributed by atoms with E-state index in [0.29, 0.717) is 19.8 Å². The van der Waals surface area contributed by atoms with E-state index in [9.17, 15) is 8.42 Å². The third-order valence-electron chi connectivity index (χ3n) is 5.43. The monoisotopic (exact) mass is 391 g/mol. The van der Waals surface area contributed by atoms with Crippen molar-refractivity contribution >= 4 is 10.0 Å². The van der Waals surface area contributed by atoms with Gasteiger partial charge in [0.1, 0.15) is 10.6 Å². The molecule has 4 rings (SSSR count). The number of benzene rings is 1. The fourth-order valence-corrected chi connectivity index (χ4v) is 5.57. The highest BCUT2D eigenvalue weighted by atomic mass is 32.2. The molecule has 3 heterocycles. The van der Waals surface area contributed by atoms with Gasteiger partial charge < -0.3 is 9.47 Å². The van der Waals surface area contributed by atoms with Gasteiger partial charge in [0.25, 0.3) is 0 Å². The minimum Gasteiger partial charge on any atom is -0.497 e. The molecule has 2 saturated heterocycles. The third-order valence-corrected chi connectivity index (χ3v) is 7.29. The van der Waals surface area contributed by atoms with Crippen LogP contribution < -0.4 is 4.74 Å². The molecule has 0 saturated carbocycles. The fraction of sp³-hybridized carbons (Fsp3) is 0.526. The molecule has 1 unspecified atom stereocenters. The van der Waals surface area contributed by atoms with Crippen LogP contribution in [0.5, 0.6) is 5.75 Å². The average molecular weight is 391 g/mol. The first kappa shape index (κ1) is 18.5. The molecule has 2 aromatic rings. The maximum Gasteiger partial charge on any atom is 0.246 e. The zero-order chi connectivity index (χ0) is 18.9. The van der Waals surface area contributed by atoms with E-state index < -0.39 is 10.0 Å². The summed E-state index contributed by atoms with van der Waals surface area (Å²) in [5.74, 6) is 0.740. The van der Waals surface area contributed by atoms with Gasteiger partial charge in [-0.3, -0.25) is 4.68 Å². The molecule has 0 spiro atoms. The highest BCUT2D eigenvalue weighted by molar-refractivity contribution is 7.89. The van der Waals surface area contributed by atoms with Crippen LogP contribution in [-0.2, 0) is 14.8 Å². The van der Waals surface area contributed by atoms with E-state index in [1.807, 2.05) is 24.3 Å². The molecule has 7 nitrogen and oxygen atoms in total. The lowest BCUT2D eigenvalue weighted by atomic mass is 10.1. The van der Waals surface area contributed by atoms with Gasteiger partial charge in [0, 0.05) is 26.0 Å². The van der Waals surface area contributed by atoms with E-state index in [1.165, 1.54) is 6.20 Å². The van der Waals surface area contributed by atoms with Gasteiger partial charge in [-0.2, -0.15) is 9.40 Å². The van der Waals surface area contributed by atoms with E-state index >= 15 is 0 Å². The van der Waals surface area contributed by atoms with Crippen LogP contribution in [0.15, 0.2) is 41.6 Å². The van der Waals surface area contributed by atoms with E-state index in [4.69, 9.17) is 9.47 Å². The second kappa shape index (κ2) is 7.61. The Bertz CT molecular complexity index is 890. The minimum atomic E-state index is -3.60. The van der Waals surface area contributed by atoms with Gasteiger partial charge in [-0.05, 0) is 43.4 Å². The standard InChI is InChI=1S/C19H25N3O4S/c1-25-17-5-2-4-15(12-17)19-6-3-9-22(19)27(23,24)18-13-20-21(14-18)16-7-10-26-11-8-16/h2,4-5,12-14,16,19H,3,6-11H2,1H3. The molecule has 0 N–H and O–H groups in total. The molecule has 2 fully saturated rings. The maximum atomic E-state index is 13.3. The Labute approximate surface area is 159 Å². The Morgan fingerprint density at radius 1 is 1.22 bits per heavy atom. The van der Waals surface area contributed by atoms with Crippen LogP contribution in [-0.4, -0.2) is 49.4 Å². The van der Waals surface area contributed by atoms with Gasteiger partial charge in [0.2, 0.25) is 10.0 Å². The molecule has 0 radical (unpaired) electrons. The molecule has 0 bridgehead atoms. The molecule has 8 heteroatoms. The first-order chi connectivity index (χ1) is 13.1. The van der Waals surface area contributed by atoms with Gasteiger partial charge in [-0.25, -0.2) is 8.42 Å². The largest absolute Gasteiger partial charge is 0.497 e. The van der Waals surface area contributed by atoms with Crippen LogP contribution in [0.4, 0.5) is 0 Å². The summed E-state index contributed by atoms with van der Waals surface area (Å²) in [6, 6.07) is 7.69. The first-order valence-electron chi connectivity index (χ1n) is 9.37.